The van der Waals surface area contributed by atoms with Crippen LogP contribution in [0, 0.1) is 0 Å². The molecule has 20 heavy (non-hydrogen) atoms. The molecule has 1 aromatic carbocycles. The molecule has 0 spiro atoms. The zero-order valence-corrected chi connectivity index (χ0v) is 11.5. The van der Waals surface area contributed by atoms with Crippen molar-refractivity contribution in [3.8, 4) is 0 Å². The summed E-state index contributed by atoms with van der Waals surface area (Å²) >= 11 is 5.87. The number of benzene rings is 1. The Bertz CT molecular complexity index is 503. The Morgan fingerprint density at radius 3 is 2.90 bits per heavy atom. The molecule has 1 aliphatic heterocycles. The van der Waals surface area contributed by atoms with Gasteiger partial charge in [0.05, 0.1) is 12.6 Å². The van der Waals surface area contributed by atoms with Gasteiger partial charge < -0.3 is 15.2 Å². The summed E-state index contributed by atoms with van der Waals surface area (Å²) in [6.07, 6.45) is 0.724. The first-order valence-corrected chi connectivity index (χ1v) is 6.57. The maximum Gasteiger partial charge on any atom is 0.323 e. The van der Waals surface area contributed by atoms with E-state index in [9.17, 15) is 9.59 Å². The van der Waals surface area contributed by atoms with Gasteiger partial charge in [0.2, 0.25) is 0 Å². The lowest BCUT2D eigenvalue weighted by Crippen LogP contribution is -2.47. The molecule has 108 valence electrons. The van der Waals surface area contributed by atoms with E-state index in [0.717, 1.165) is 11.3 Å². The molecule has 1 unspecified atom stereocenters. The average molecular weight is 299 g/mol. The average Bonchev–Trinajstić information content (AvgIpc) is 2.88. The number of hydrogen-bond acceptors (Lipinski definition) is 3. The second-order valence-corrected chi connectivity index (χ2v) is 4.91. The number of nitrogens with one attached hydrogen (secondary N) is 1. The number of ether oxygens (including phenoxy) is 1. The summed E-state index contributed by atoms with van der Waals surface area (Å²) < 4.78 is 5.17. The Labute approximate surface area is 121 Å². The van der Waals surface area contributed by atoms with Crippen molar-refractivity contribution in [3.05, 3.63) is 29.3 Å². The summed E-state index contributed by atoms with van der Waals surface area (Å²) in [6.45, 7) is 0.614. The molecule has 1 aliphatic rings. The Kier molecular flexibility index (Phi) is 4.81. The van der Waals surface area contributed by atoms with Crippen LogP contribution in [0.1, 0.15) is 6.42 Å². The molecule has 6 nitrogen and oxygen atoms in total. The molecule has 0 aliphatic carbocycles. The number of carboxylic acids is 1. The van der Waals surface area contributed by atoms with Crippen LogP contribution in [-0.4, -0.2) is 42.9 Å². The van der Waals surface area contributed by atoms with Gasteiger partial charge in [0, 0.05) is 17.3 Å². The first-order valence-electron chi connectivity index (χ1n) is 6.19. The van der Waals surface area contributed by atoms with Gasteiger partial charge in [-0.1, -0.05) is 17.7 Å². The number of rotatable bonds is 4. The van der Waals surface area contributed by atoms with E-state index in [1.807, 2.05) is 0 Å². The Morgan fingerprint density at radius 2 is 2.30 bits per heavy atom. The van der Waals surface area contributed by atoms with Gasteiger partial charge in [-0.05, 0) is 24.6 Å². The predicted octanol–water partition coefficient (Wildman–Crippen LogP) is 1.73. The molecule has 1 aromatic rings. The van der Waals surface area contributed by atoms with Gasteiger partial charge in [-0.2, -0.15) is 0 Å². The molecule has 2 N–H and O–H groups in total. The molecule has 1 atom stereocenters. The maximum absolute atomic E-state index is 12.2. The minimum atomic E-state index is -1.09. The number of anilines is 1. The molecule has 0 radical (unpaired) electrons. The third-order valence-corrected chi connectivity index (χ3v) is 3.15. The van der Waals surface area contributed by atoms with Crippen molar-refractivity contribution >= 4 is 29.3 Å². The molecule has 0 bridgehead atoms. The van der Waals surface area contributed by atoms with Crippen molar-refractivity contribution in [2.45, 2.75) is 12.5 Å². The zero-order valence-electron chi connectivity index (χ0n) is 10.7. The van der Waals surface area contributed by atoms with Crippen molar-refractivity contribution in [3.63, 3.8) is 0 Å². The highest BCUT2D eigenvalue weighted by atomic mass is 35.5. The number of hydrogen-bond donors (Lipinski definition) is 2. The highest BCUT2D eigenvalue weighted by Crippen LogP contribution is 2.20. The van der Waals surface area contributed by atoms with E-state index in [2.05, 4.69) is 5.32 Å². The maximum atomic E-state index is 12.2. The quantitative estimate of drug-likeness (QED) is 0.887. The largest absolute Gasteiger partial charge is 0.480 e. The molecule has 1 fully saturated rings. The Balaban J connectivity index is 2.13. The number of amides is 2. The minimum Gasteiger partial charge on any atom is -0.480 e. The van der Waals surface area contributed by atoms with Crippen LogP contribution >= 0.6 is 11.6 Å². The molecule has 1 saturated heterocycles. The molecular formula is C13H15ClN2O4. The van der Waals surface area contributed by atoms with Gasteiger partial charge in [0.25, 0.3) is 0 Å². The van der Waals surface area contributed by atoms with Crippen molar-refractivity contribution < 1.29 is 19.4 Å². The van der Waals surface area contributed by atoms with Gasteiger partial charge in [-0.25, -0.2) is 4.79 Å². The fraction of sp³-hybridized carbons (Fsp3) is 0.385. The first kappa shape index (κ1) is 14.6. The molecule has 2 amide bonds. The van der Waals surface area contributed by atoms with Crippen LogP contribution in [0.25, 0.3) is 0 Å². The summed E-state index contributed by atoms with van der Waals surface area (Å²) in [5, 5.41) is 12.1. The number of carboxylic acid groups (broad SMARTS) is 1. The molecule has 0 saturated carbocycles. The van der Waals surface area contributed by atoms with Crippen molar-refractivity contribution in [2.24, 2.45) is 0 Å². The van der Waals surface area contributed by atoms with Crippen LogP contribution in [0.4, 0.5) is 10.5 Å². The van der Waals surface area contributed by atoms with Crippen LogP contribution in [0.5, 0.6) is 0 Å². The minimum absolute atomic E-state index is 0.0852. The number of urea groups is 1. The summed E-state index contributed by atoms with van der Waals surface area (Å²) in [5.74, 6) is -1.09. The summed E-state index contributed by atoms with van der Waals surface area (Å²) in [6, 6.07) is 5.96. The van der Waals surface area contributed by atoms with Crippen LogP contribution in [0.3, 0.4) is 0 Å². The second-order valence-electron chi connectivity index (χ2n) is 4.47. The van der Waals surface area contributed by atoms with Crippen molar-refractivity contribution in [1.29, 1.82) is 0 Å². The Morgan fingerprint density at radius 1 is 1.50 bits per heavy atom. The number of carbonyl (C=O) groups excluding carboxylic acids is 1. The number of nitrogens with zero attached hydrogens (tertiary/aromatic N) is 1. The molecule has 0 aromatic heterocycles. The lowest BCUT2D eigenvalue weighted by molar-refractivity contribution is -0.135. The number of halogens is 1. The fourth-order valence-corrected chi connectivity index (χ4v) is 2.15. The van der Waals surface area contributed by atoms with E-state index in [-0.39, 0.29) is 6.04 Å². The van der Waals surface area contributed by atoms with Gasteiger partial charge in [-0.15, -0.1) is 0 Å². The predicted molar refractivity (Wildman–Crippen MR) is 74.2 cm³/mol. The third-order valence-electron chi connectivity index (χ3n) is 2.92. The fourth-order valence-electron chi connectivity index (χ4n) is 1.96. The standard InChI is InChI=1S/C13H15ClN2O4/c14-9-2-1-3-11(6-9)16(7-12(17)18)13(19)15-10-4-5-20-8-10/h1-3,6,10H,4-5,7-8H2,(H,15,19)(H,17,18). The van der Waals surface area contributed by atoms with E-state index in [0.29, 0.717) is 23.9 Å². The van der Waals surface area contributed by atoms with Gasteiger partial charge >= 0.3 is 12.0 Å². The SMILES string of the molecule is O=C(O)CN(C(=O)NC1CCOC1)c1cccc(Cl)c1. The smallest absolute Gasteiger partial charge is 0.323 e. The monoisotopic (exact) mass is 298 g/mol. The van der Waals surface area contributed by atoms with E-state index < -0.39 is 18.5 Å². The Hall–Kier alpha value is -1.79. The number of carbonyl (C=O) groups is 2. The van der Waals surface area contributed by atoms with E-state index >= 15 is 0 Å². The third kappa shape index (κ3) is 3.85. The highest BCUT2D eigenvalue weighted by Gasteiger charge is 2.24. The van der Waals surface area contributed by atoms with E-state index in [1.54, 1.807) is 24.3 Å². The summed E-state index contributed by atoms with van der Waals surface area (Å²) in [7, 11) is 0. The summed E-state index contributed by atoms with van der Waals surface area (Å²) in [5.41, 5.74) is 0.441. The van der Waals surface area contributed by atoms with Gasteiger partial charge in [0.15, 0.2) is 0 Å². The molecule has 7 heteroatoms. The van der Waals surface area contributed by atoms with Crippen LogP contribution in [-0.2, 0) is 9.53 Å². The molecular weight excluding hydrogens is 284 g/mol. The molecule has 1 heterocycles. The van der Waals surface area contributed by atoms with E-state index in [4.69, 9.17) is 21.4 Å². The van der Waals surface area contributed by atoms with Crippen LogP contribution in [0.2, 0.25) is 5.02 Å². The lowest BCUT2D eigenvalue weighted by Gasteiger charge is -2.23. The van der Waals surface area contributed by atoms with Gasteiger partial charge in [0.1, 0.15) is 6.54 Å². The van der Waals surface area contributed by atoms with Crippen molar-refractivity contribution in [1.82, 2.24) is 5.32 Å². The van der Waals surface area contributed by atoms with E-state index in [1.165, 1.54) is 0 Å². The number of aliphatic carboxylic acids is 1. The normalized spacial score (nSPS) is 17.8. The lowest BCUT2D eigenvalue weighted by atomic mass is 10.2. The second kappa shape index (κ2) is 6.58. The summed E-state index contributed by atoms with van der Waals surface area (Å²) in [4.78, 5) is 24.3. The zero-order chi connectivity index (χ0) is 14.5. The van der Waals surface area contributed by atoms with Crippen LogP contribution in [0.15, 0.2) is 24.3 Å². The first-order chi connectivity index (χ1) is 9.56. The van der Waals surface area contributed by atoms with Gasteiger partial charge in [-0.3, -0.25) is 9.69 Å². The molecule has 2 rings (SSSR count). The highest BCUT2D eigenvalue weighted by molar-refractivity contribution is 6.30. The van der Waals surface area contributed by atoms with Crippen LogP contribution < -0.4 is 10.2 Å². The topological polar surface area (TPSA) is 78.9 Å². The van der Waals surface area contributed by atoms with Crippen molar-refractivity contribution in [2.75, 3.05) is 24.7 Å².